The van der Waals surface area contributed by atoms with Crippen molar-refractivity contribution in [3.8, 4) is 12.3 Å². The maximum absolute atomic E-state index is 11.4. The molecule has 1 atom stereocenters. The highest BCUT2D eigenvalue weighted by Crippen LogP contribution is 2.06. The van der Waals surface area contributed by atoms with Crippen molar-refractivity contribution in [3.05, 3.63) is 35.4 Å². The van der Waals surface area contributed by atoms with Crippen LogP contribution < -0.4 is 0 Å². The molecule has 14 heavy (non-hydrogen) atoms. The number of rotatable bonds is 2. The fourth-order valence-electron chi connectivity index (χ4n) is 0.952. The van der Waals surface area contributed by atoms with E-state index in [4.69, 9.17) is 11.2 Å². The van der Waals surface area contributed by atoms with Crippen molar-refractivity contribution in [2.75, 3.05) is 0 Å². The minimum Gasteiger partial charge on any atom is -0.446 e. The van der Waals surface area contributed by atoms with Crippen molar-refractivity contribution in [1.82, 2.24) is 0 Å². The van der Waals surface area contributed by atoms with Crippen LogP contribution in [-0.2, 0) is 4.74 Å². The van der Waals surface area contributed by atoms with Crippen molar-refractivity contribution < 1.29 is 9.53 Å². The van der Waals surface area contributed by atoms with E-state index < -0.39 is 6.10 Å². The van der Waals surface area contributed by atoms with Gasteiger partial charge in [-0.15, -0.1) is 6.42 Å². The maximum Gasteiger partial charge on any atom is 0.339 e. The molecule has 0 saturated heterocycles. The normalized spacial score (nSPS) is 11.5. The molecule has 0 aliphatic heterocycles. The van der Waals surface area contributed by atoms with E-state index in [-0.39, 0.29) is 5.97 Å². The summed E-state index contributed by atoms with van der Waals surface area (Å²) in [5.41, 5.74) is 1.63. The molecule has 0 aliphatic carbocycles. The van der Waals surface area contributed by atoms with Crippen molar-refractivity contribution in [3.63, 3.8) is 0 Å². The lowest BCUT2D eigenvalue weighted by molar-refractivity contribution is 0.0439. The molecular formula is C12H12O2. The Balaban J connectivity index is 2.71. The highest BCUT2D eigenvalue weighted by atomic mass is 16.5. The summed E-state index contributed by atoms with van der Waals surface area (Å²) in [6.45, 7) is 3.62. The van der Waals surface area contributed by atoms with Crippen LogP contribution in [0.15, 0.2) is 24.3 Å². The maximum atomic E-state index is 11.4. The molecule has 1 aromatic carbocycles. The lowest BCUT2D eigenvalue weighted by Crippen LogP contribution is -2.12. The molecule has 1 rings (SSSR count). The first-order valence-corrected chi connectivity index (χ1v) is 4.37. The van der Waals surface area contributed by atoms with Crippen LogP contribution in [0.4, 0.5) is 0 Å². The summed E-state index contributed by atoms with van der Waals surface area (Å²) in [7, 11) is 0. The van der Waals surface area contributed by atoms with Gasteiger partial charge in [0, 0.05) is 0 Å². The van der Waals surface area contributed by atoms with E-state index in [0.29, 0.717) is 5.56 Å². The molecule has 0 radical (unpaired) electrons. The van der Waals surface area contributed by atoms with Crippen LogP contribution in [0.25, 0.3) is 0 Å². The highest BCUT2D eigenvalue weighted by Gasteiger charge is 2.08. The molecule has 2 heteroatoms. The van der Waals surface area contributed by atoms with Crippen LogP contribution in [0.2, 0.25) is 0 Å². The van der Waals surface area contributed by atoms with Gasteiger partial charge in [-0.05, 0) is 26.0 Å². The first-order valence-electron chi connectivity index (χ1n) is 4.37. The molecular weight excluding hydrogens is 176 g/mol. The molecule has 0 aromatic heterocycles. The summed E-state index contributed by atoms with van der Waals surface area (Å²) >= 11 is 0. The number of carbonyl (C=O) groups is 1. The molecule has 0 amide bonds. The molecule has 0 bridgehead atoms. The number of esters is 1. The third-order valence-corrected chi connectivity index (χ3v) is 1.81. The van der Waals surface area contributed by atoms with Gasteiger partial charge in [-0.1, -0.05) is 23.6 Å². The molecule has 0 fully saturated rings. The van der Waals surface area contributed by atoms with E-state index >= 15 is 0 Å². The smallest absolute Gasteiger partial charge is 0.339 e. The minimum absolute atomic E-state index is 0.379. The van der Waals surface area contributed by atoms with E-state index in [2.05, 4.69) is 5.92 Å². The van der Waals surface area contributed by atoms with Crippen LogP contribution >= 0.6 is 0 Å². The van der Waals surface area contributed by atoms with Crippen molar-refractivity contribution in [2.45, 2.75) is 20.0 Å². The molecule has 0 aliphatic rings. The fourth-order valence-corrected chi connectivity index (χ4v) is 0.952. The first-order chi connectivity index (χ1) is 6.63. The van der Waals surface area contributed by atoms with Crippen molar-refractivity contribution >= 4 is 5.97 Å². The molecule has 0 heterocycles. The van der Waals surface area contributed by atoms with E-state index in [1.165, 1.54) is 0 Å². The Kier molecular flexibility index (Phi) is 3.30. The Labute approximate surface area is 83.9 Å². The number of carbonyl (C=O) groups excluding carboxylic acids is 1. The molecule has 0 N–H and O–H groups in total. The third-order valence-electron chi connectivity index (χ3n) is 1.81. The van der Waals surface area contributed by atoms with Crippen molar-refractivity contribution in [1.29, 1.82) is 0 Å². The molecule has 0 spiro atoms. The molecule has 1 aromatic rings. The Morgan fingerprint density at radius 3 is 2.50 bits per heavy atom. The Hall–Kier alpha value is -1.75. The van der Waals surface area contributed by atoms with E-state index in [1.807, 2.05) is 19.1 Å². The minimum atomic E-state index is -0.483. The quantitative estimate of drug-likeness (QED) is 0.525. The van der Waals surface area contributed by atoms with Gasteiger partial charge in [0.1, 0.15) is 0 Å². The van der Waals surface area contributed by atoms with E-state index in [0.717, 1.165) is 5.56 Å². The second-order valence-corrected chi connectivity index (χ2v) is 3.08. The van der Waals surface area contributed by atoms with Crippen LogP contribution in [-0.4, -0.2) is 12.1 Å². The number of hydrogen-bond acceptors (Lipinski definition) is 2. The van der Waals surface area contributed by atoms with Gasteiger partial charge in [-0.3, -0.25) is 0 Å². The monoisotopic (exact) mass is 188 g/mol. The van der Waals surface area contributed by atoms with Gasteiger partial charge >= 0.3 is 5.97 Å². The topological polar surface area (TPSA) is 26.3 Å². The molecule has 0 unspecified atom stereocenters. The van der Waals surface area contributed by atoms with Gasteiger partial charge in [-0.2, -0.15) is 0 Å². The third kappa shape index (κ3) is 2.63. The lowest BCUT2D eigenvalue weighted by Gasteiger charge is -2.06. The molecule has 72 valence electrons. The summed E-state index contributed by atoms with van der Waals surface area (Å²) in [5.74, 6) is 1.95. The van der Waals surface area contributed by atoms with Gasteiger partial charge in [0.15, 0.2) is 6.10 Å². The van der Waals surface area contributed by atoms with Crippen LogP contribution in [0, 0.1) is 19.3 Å². The largest absolute Gasteiger partial charge is 0.446 e. The standard InChI is InChI=1S/C12H12O2/c1-4-10(3)14-12(13)11-7-5-9(2)6-8-11/h1,5-8,10H,2-3H3/t10-/m1/s1. The summed E-state index contributed by atoms with van der Waals surface area (Å²) in [6.07, 6.45) is 4.61. The van der Waals surface area contributed by atoms with Crippen LogP contribution in [0.3, 0.4) is 0 Å². The first kappa shape index (κ1) is 10.3. The van der Waals surface area contributed by atoms with Gasteiger partial charge in [-0.25, -0.2) is 4.79 Å². The summed E-state index contributed by atoms with van der Waals surface area (Å²) in [5, 5.41) is 0. The summed E-state index contributed by atoms with van der Waals surface area (Å²) < 4.78 is 4.95. The Bertz CT molecular complexity index is 357. The number of ether oxygens (including phenoxy) is 1. The molecule has 2 nitrogen and oxygen atoms in total. The van der Waals surface area contributed by atoms with Crippen LogP contribution in [0.1, 0.15) is 22.8 Å². The average molecular weight is 188 g/mol. The second kappa shape index (κ2) is 4.48. The number of aryl methyl sites for hydroxylation is 1. The number of terminal acetylenes is 1. The van der Waals surface area contributed by atoms with Gasteiger partial charge in [0.2, 0.25) is 0 Å². The van der Waals surface area contributed by atoms with Crippen molar-refractivity contribution in [2.24, 2.45) is 0 Å². The zero-order chi connectivity index (χ0) is 10.6. The predicted octanol–water partition coefficient (Wildman–Crippen LogP) is 2.17. The second-order valence-electron chi connectivity index (χ2n) is 3.08. The van der Waals surface area contributed by atoms with E-state index in [9.17, 15) is 4.79 Å². The fraction of sp³-hybridized carbons (Fsp3) is 0.250. The lowest BCUT2D eigenvalue weighted by atomic mass is 10.1. The van der Waals surface area contributed by atoms with Gasteiger partial charge < -0.3 is 4.74 Å². The predicted molar refractivity (Wildman–Crippen MR) is 54.9 cm³/mol. The van der Waals surface area contributed by atoms with Gasteiger partial charge in [0.25, 0.3) is 0 Å². The summed E-state index contributed by atoms with van der Waals surface area (Å²) in [4.78, 5) is 11.4. The SMILES string of the molecule is C#C[C@@H](C)OC(=O)c1ccc(C)cc1. The average Bonchev–Trinajstić information content (AvgIpc) is 2.18. The molecule has 0 saturated carbocycles. The highest BCUT2D eigenvalue weighted by molar-refractivity contribution is 5.89. The number of benzene rings is 1. The zero-order valence-corrected chi connectivity index (χ0v) is 8.28. The van der Waals surface area contributed by atoms with Gasteiger partial charge in [0.05, 0.1) is 5.56 Å². The number of hydrogen-bond donors (Lipinski definition) is 0. The Morgan fingerprint density at radius 1 is 1.43 bits per heavy atom. The zero-order valence-electron chi connectivity index (χ0n) is 8.28. The van der Waals surface area contributed by atoms with E-state index in [1.54, 1.807) is 19.1 Å². The Morgan fingerprint density at radius 2 is 2.00 bits per heavy atom. The van der Waals surface area contributed by atoms with Crippen LogP contribution in [0.5, 0.6) is 0 Å². The summed E-state index contributed by atoms with van der Waals surface area (Å²) in [6, 6.07) is 7.16.